The molecule has 1 fully saturated rings. The van der Waals surface area contributed by atoms with E-state index in [2.05, 4.69) is 29.4 Å². The number of hydrogen-bond donors (Lipinski definition) is 1. The summed E-state index contributed by atoms with van der Waals surface area (Å²) in [5.41, 5.74) is 6.87. The van der Waals surface area contributed by atoms with Crippen LogP contribution in [-0.2, 0) is 6.54 Å². The van der Waals surface area contributed by atoms with Crippen molar-refractivity contribution in [2.75, 3.05) is 5.73 Å². The van der Waals surface area contributed by atoms with Gasteiger partial charge in [-0.2, -0.15) is 0 Å². The van der Waals surface area contributed by atoms with Crippen LogP contribution in [0.1, 0.15) is 20.3 Å². The molecule has 19 heavy (non-hydrogen) atoms. The Balaban J connectivity index is 1.93. The van der Waals surface area contributed by atoms with E-state index in [1.165, 1.54) is 12.1 Å². The SMILES string of the molecule is CC1(C)CC1Cn1nnnc1-c1cc(N)ccc1F. The minimum absolute atomic E-state index is 0.331. The van der Waals surface area contributed by atoms with Gasteiger partial charge in [-0.15, -0.1) is 5.10 Å². The van der Waals surface area contributed by atoms with Crippen LogP contribution in [0.4, 0.5) is 10.1 Å². The molecule has 0 spiro atoms. The monoisotopic (exact) mass is 261 g/mol. The fourth-order valence-electron chi connectivity index (χ4n) is 2.33. The number of anilines is 1. The van der Waals surface area contributed by atoms with Crippen molar-refractivity contribution in [3.8, 4) is 11.4 Å². The van der Waals surface area contributed by atoms with E-state index in [1.54, 1.807) is 10.7 Å². The smallest absolute Gasteiger partial charge is 0.185 e. The number of tetrazole rings is 1. The Labute approximate surface area is 110 Å². The highest BCUT2D eigenvalue weighted by molar-refractivity contribution is 5.61. The molecule has 0 radical (unpaired) electrons. The lowest BCUT2D eigenvalue weighted by Crippen LogP contribution is -2.08. The third kappa shape index (κ3) is 2.18. The summed E-state index contributed by atoms with van der Waals surface area (Å²) in [6, 6.07) is 4.43. The summed E-state index contributed by atoms with van der Waals surface area (Å²) < 4.78 is 15.5. The summed E-state index contributed by atoms with van der Waals surface area (Å²) in [6.07, 6.45) is 1.14. The molecule has 0 aliphatic heterocycles. The van der Waals surface area contributed by atoms with Crippen molar-refractivity contribution in [1.82, 2.24) is 20.2 Å². The zero-order chi connectivity index (χ0) is 13.6. The maximum Gasteiger partial charge on any atom is 0.185 e. The molecule has 1 heterocycles. The van der Waals surface area contributed by atoms with Crippen LogP contribution in [-0.4, -0.2) is 20.2 Å². The first-order chi connectivity index (χ1) is 8.97. The van der Waals surface area contributed by atoms with Crippen LogP contribution >= 0.6 is 0 Å². The van der Waals surface area contributed by atoms with Crippen molar-refractivity contribution in [3.63, 3.8) is 0 Å². The van der Waals surface area contributed by atoms with Crippen molar-refractivity contribution in [1.29, 1.82) is 0 Å². The topological polar surface area (TPSA) is 69.6 Å². The molecule has 0 amide bonds. The molecular weight excluding hydrogens is 245 g/mol. The molecule has 1 unspecified atom stereocenters. The summed E-state index contributed by atoms with van der Waals surface area (Å²) in [4.78, 5) is 0. The van der Waals surface area contributed by atoms with Gasteiger partial charge in [0, 0.05) is 12.2 Å². The first-order valence-corrected chi connectivity index (χ1v) is 6.29. The minimum atomic E-state index is -0.361. The molecule has 0 saturated heterocycles. The Hall–Kier alpha value is -1.98. The van der Waals surface area contributed by atoms with Crippen molar-refractivity contribution in [3.05, 3.63) is 24.0 Å². The number of rotatable bonds is 3. The zero-order valence-electron chi connectivity index (χ0n) is 11.0. The third-order valence-corrected chi connectivity index (χ3v) is 3.87. The van der Waals surface area contributed by atoms with Crippen LogP contribution in [0.25, 0.3) is 11.4 Å². The van der Waals surface area contributed by atoms with Crippen molar-refractivity contribution >= 4 is 5.69 Å². The molecule has 5 nitrogen and oxygen atoms in total. The molecule has 1 aliphatic rings. The maximum absolute atomic E-state index is 13.9. The molecule has 3 rings (SSSR count). The maximum atomic E-state index is 13.9. The minimum Gasteiger partial charge on any atom is -0.399 e. The van der Waals surface area contributed by atoms with E-state index in [-0.39, 0.29) is 5.82 Å². The molecular formula is C13H16FN5. The van der Waals surface area contributed by atoms with E-state index in [1.807, 2.05) is 0 Å². The van der Waals surface area contributed by atoms with Crippen molar-refractivity contribution in [2.24, 2.45) is 11.3 Å². The van der Waals surface area contributed by atoms with Gasteiger partial charge in [-0.25, -0.2) is 9.07 Å². The molecule has 6 heteroatoms. The Bertz CT molecular complexity index is 619. The van der Waals surface area contributed by atoms with E-state index in [9.17, 15) is 4.39 Å². The van der Waals surface area contributed by atoms with Gasteiger partial charge in [-0.05, 0) is 46.4 Å². The Morgan fingerprint density at radius 3 is 2.89 bits per heavy atom. The van der Waals surface area contributed by atoms with Gasteiger partial charge < -0.3 is 5.73 Å². The highest BCUT2D eigenvalue weighted by Gasteiger charge is 2.46. The molecule has 1 saturated carbocycles. The number of aromatic nitrogens is 4. The Kier molecular flexibility index (Phi) is 2.55. The number of nitrogen functional groups attached to an aromatic ring is 1. The molecule has 1 aromatic carbocycles. The second-order valence-corrected chi connectivity index (χ2v) is 5.81. The largest absolute Gasteiger partial charge is 0.399 e. The second kappa shape index (κ2) is 4.01. The predicted octanol–water partition coefficient (Wildman–Crippen LogP) is 2.11. The first-order valence-electron chi connectivity index (χ1n) is 6.29. The summed E-state index contributed by atoms with van der Waals surface area (Å²) in [7, 11) is 0. The summed E-state index contributed by atoms with van der Waals surface area (Å²) in [5.74, 6) is 0.617. The van der Waals surface area contributed by atoms with E-state index in [0.717, 1.165) is 6.42 Å². The van der Waals surface area contributed by atoms with Gasteiger partial charge in [-0.3, -0.25) is 0 Å². The van der Waals surface area contributed by atoms with Crippen molar-refractivity contribution < 1.29 is 4.39 Å². The van der Waals surface area contributed by atoms with Crippen LogP contribution in [0.3, 0.4) is 0 Å². The number of nitrogens with two attached hydrogens (primary N) is 1. The summed E-state index contributed by atoms with van der Waals surface area (Å²) in [6.45, 7) is 5.13. The van der Waals surface area contributed by atoms with Crippen LogP contribution < -0.4 is 5.73 Å². The average Bonchev–Trinajstić information content (AvgIpc) is 2.75. The molecule has 2 N–H and O–H groups in total. The highest BCUT2D eigenvalue weighted by atomic mass is 19.1. The third-order valence-electron chi connectivity index (χ3n) is 3.87. The lowest BCUT2D eigenvalue weighted by molar-refractivity contribution is 0.466. The average molecular weight is 261 g/mol. The number of benzene rings is 1. The summed E-state index contributed by atoms with van der Waals surface area (Å²) >= 11 is 0. The second-order valence-electron chi connectivity index (χ2n) is 5.81. The summed E-state index contributed by atoms with van der Waals surface area (Å²) in [5, 5.41) is 11.5. The lowest BCUT2D eigenvalue weighted by Gasteiger charge is -2.07. The zero-order valence-corrected chi connectivity index (χ0v) is 11.0. The predicted molar refractivity (Wildman–Crippen MR) is 69.5 cm³/mol. The van der Waals surface area contributed by atoms with Gasteiger partial charge >= 0.3 is 0 Å². The van der Waals surface area contributed by atoms with Crippen LogP contribution in [0.15, 0.2) is 18.2 Å². The van der Waals surface area contributed by atoms with E-state index < -0.39 is 0 Å². The van der Waals surface area contributed by atoms with E-state index >= 15 is 0 Å². The fourth-order valence-corrected chi connectivity index (χ4v) is 2.33. The highest BCUT2D eigenvalue weighted by Crippen LogP contribution is 2.52. The lowest BCUT2D eigenvalue weighted by atomic mass is 10.1. The van der Waals surface area contributed by atoms with Crippen molar-refractivity contribution in [2.45, 2.75) is 26.8 Å². The van der Waals surface area contributed by atoms with Crippen LogP contribution in [0.5, 0.6) is 0 Å². The van der Waals surface area contributed by atoms with E-state index in [0.29, 0.717) is 35.0 Å². The quantitative estimate of drug-likeness (QED) is 0.859. The normalized spacial score (nSPS) is 20.5. The van der Waals surface area contributed by atoms with Gasteiger partial charge in [0.15, 0.2) is 5.82 Å². The van der Waals surface area contributed by atoms with Gasteiger partial charge in [0.25, 0.3) is 0 Å². The van der Waals surface area contributed by atoms with Crippen LogP contribution in [0, 0.1) is 17.2 Å². The number of nitrogens with zero attached hydrogens (tertiary/aromatic N) is 4. The standard InChI is InChI=1S/C13H16FN5/c1-13(2)6-8(13)7-19-12(16-17-18-19)10-5-9(15)3-4-11(10)14/h3-5,8H,6-7,15H2,1-2H3. The number of hydrogen-bond acceptors (Lipinski definition) is 4. The van der Waals surface area contributed by atoms with Crippen LogP contribution in [0.2, 0.25) is 0 Å². The van der Waals surface area contributed by atoms with Gasteiger partial charge in [0.1, 0.15) is 5.82 Å². The van der Waals surface area contributed by atoms with E-state index in [4.69, 9.17) is 5.73 Å². The molecule has 100 valence electrons. The molecule has 1 atom stereocenters. The first kappa shape index (κ1) is 12.1. The fraction of sp³-hybridized carbons (Fsp3) is 0.462. The number of halogens is 1. The Morgan fingerprint density at radius 1 is 1.47 bits per heavy atom. The molecule has 1 aromatic heterocycles. The van der Waals surface area contributed by atoms with Gasteiger partial charge in [0.2, 0.25) is 0 Å². The molecule has 1 aliphatic carbocycles. The van der Waals surface area contributed by atoms with Gasteiger partial charge in [-0.1, -0.05) is 13.8 Å². The Morgan fingerprint density at radius 2 is 2.21 bits per heavy atom. The van der Waals surface area contributed by atoms with Gasteiger partial charge in [0.05, 0.1) is 5.56 Å². The molecule has 2 aromatic rings. The molecule has 0 bridgehead atoms.